The van der Waals surface area contributed by atoms with Gasteiger partial charge in [0.25, 0.3) is 5.89 Å². The van der Waals surface area contributed by atoms with Crippen molar-refractivity contribution in [3.05, 3.63) is 47.5 Å². The standard InChI is InChI=1S/C19H19N5O/c1-11(2)24-17-6-5-14(10-16(17)21-23-24)19-20-18(22-25-19)15-8-12(3)7-13(4)9-15/h5-11H,1-4H3. The molecular formula is C19H19N5O. The number of hydrogen-bond acceptors (Lipinski definition) is 5. The van der Waals surface area contributed by atoms with Crippen molar-refractivity contribution in [1.29, 1.82) is 0 Å². The highest BCUT2D eigenvalue weighted by molar-refractivity contribution is 5.80. The first kappa shape index (κ1) is 15.5. The summed E-state index contributed by atoms with van der Waals surface area (Å²) >= 11 is 0. The van der Waals surface area contributed by atoms with Gasteiger partial charge in [0.1, 0.15) is 5.52 Å². The molecule has 0 atom stereocenters. The van der Waals surface area contributed by atoms with E-state index in [1.807, 2.05) is 22.9 Å². The Morgan fingerprint density at radius 1 is 0.960 bits per heavy atom. The van der Waals surface area contributed by atoms with Gasteiger partial charge in [0.15, 0.2) is 0 Å². The quantitative estimate of drug-likeness (QED) is 0.557. The molecule has 4 aromatic rings. The fourth-order valence-corrected chi connectivity index (χ4v) is 3.02. The summed E-state index contributed by atoms with van der Waals surface area (Å²) in [6, 6.07) is 12.4. The van der Waals surface area contributed by atoms with E-state index in [1.54, 1.807) is 0 Å². The van der Waals surface area contributed by atoms with Crippen LogP contribution < -0.4 is 0 Å². The first-order chi connectivity index (χ1) is 12.0. The summed E-state index contributed by atoms with van der Waals surface area (Å²) in [5, 5.41) is 12.6. The third-order valence-corrected chi connectivity index (χ3v) is 4.11. The van der Waals surface area contributed by atoms with Crippen LogP contribution >= 0.6 is 0 Å². The zero-order chi connectivity index (χ0) is 17.6. The van der Waals surface area contributed by atoms with Gasteiger partial charge in [0.05, 0.1) is 5.52 Å². The van der Waals surface area contributed by atoms with Crippen molar-refractivity contribution in [3.63, 3.8) is 0 Å². The first-order valence-corrected chi connectivity index (χ1v) is 8.29. The molecule has 25 heavy (non-hydrogen) atoms. The molecule has 0 spiro atoms. The van der Waals surface area contributed by atoms with Gasteiger partial charge >= 0.3 is 0 Å². The molecule has 4 rings (SSSR count). The Hall–Kier alpha value is -3.02. The van der Waals surface area contributed by atoms with Crippen molar-refractivity contribution >= 4 is 11.0 Å². The van der Waals surface area contributed by atoms with Crippen LogP contribution in [-0.2, 0) is 0 Å². The van der Waals surface area contributed by atoms with Gasteiger partial charge in [0.2, 0.25) is 5.82 Å². The molecule has 6 nitrogen and oxygen atoms in total. The average molecular weight is 333 g/mol. The SMILES string of the molecule is Cc1cc(C)cc(-c2noc(-c3ccc4c(c3)nnn4C(C)C)n2)c1. The number of fused-ring (bicyclic) bond motifs is 1. The Balaban J connectivity index is 1.73. The Labute approximate surface area is 145 Å². The van der Waals surface area contributed by atoms with E-state index in [1.165, 1.54) is 11.1 Å². The van der Waals surface area contributed by atoms with Crippen LogP contribution in [0.3, 0.4) is 0 Å². The number of aryl methyl sites for hydroxylation is 2. The van der Waals surface area contributed by atoms with Gasteiger partial charge in [-0.1, -0.05) is 27.6 Å². The molecule has 2 heterocycles. The molecule has 0 N–H and O–H groups in total. The maximum atomic E-state index is 5.47. The largest absolute Gasteiger partial charge is 0.334 e. The molecule has 2 aromatic carbocycles. The maximum Gasteiger partial charge on any atom is 0.258 e. The van der Waals surface area contributed by atoms with Gasteiger partial charge in [0, 0.05) is 17.2 Å². The van der Waals surface area contributed by atoms with E-state index in [0.29, 0.717) is 11.7 Å². The number of rotatable bonds is 3. The molecule has 0 aliphatic carbocycles. The predicted octanol–water partition coefficient (Wildman–Crippen LogP) is 4.35. The van der Waals surface area contributed by atoms with E-state index >= 15 is 0 Å². The van der Waals surface area contributed by atoms with Crippen LogP contribution in [0.25, 0.3) is 33.9 Å². The number of hydrogen-bond donors (Lipinski definition) is 0. The zero-order valence-electron chi connectivity index (χ0n) is 14.7. The van der Waals surface area contributed by atoms with Crippen LogP contribution in [0.5, 0.6) is 0 Å². The van der Waals surface area contributed by atoms with Crippen molar-refractivity contribution < 1.29 is 4.52 Å². The lowest BCUT2D eigenvalue weighted by atomic mass is 10.1. The Bertz CT molecular complexity index is 1040. The third kappa shape index (κ3) is 2.80. The highest BCUT2D eigenvalue weighted by Gasteiger charge is 2.14. The summed E-state index contributed by atoms with van der Waals surface area (Å²) in [5.41, 5.74) is 5.96. The lowest BCUT2D eigenvalue weighted by molar-refractivity contribution is 0.432. The second kappa shape index (κ2) is 5.81. The van der Waals surface area contributed by atoms with Gasteiger partial charge < -0.3 is 4.52 Å². The van der Waals surface area contributed by atoms with E-state index in [-0.39, 0.29) is 6.04 Å². The number of nitrogens with zero attached hydrogens (tertiary/aromatic N) is 5. The summed E-state index contributed by atoms with van der Waals surface area (Å²) in [4.78, 5) is 4.55. The van der Waals surface area contributed by atoms with Crippen molar-refractivity contribution in [2.45, 2.75) is 33.7 Å². The Morgan fingerprint density at radius 3 is 2.44 bits per heavy atom. The van der Waals surface area contributed by atoms with E-state index < -0.39 is 0 Å². The van der Waals surface area contributed by atoms with Gasteiger partial charge in [-0.3, -0.25) is 0 Å². The smallest absolute Gasteiger partial charge is 0.258 e. The summed E-state index contributed by atoms with van der Waals surface area (Å²) < 4.78 is 7.37. The molecule has 0 fully saturated rings. The molecule has 2 aromatic heterocycles. The van der Waals surface area contributed by atoms with Crippen LogP contribution in [0.4, 0.5) is 0 Å². The minimum absolute atomic E-state index is 0.260. The normalized spacial score (nSPS) is 11.6. The second-order valence-electron chi connectivity index (χ2n) is 6.63. The minimum atomic E-state index is 0.260. The zero-order valence-corrected chi connectivity index (χ0v) is 14.7. The topological polar surface area (TPSA) is 69.6 Å². The van der Waals surface area contributed by atoms with Crippen LogP contribution in [0, 0.1) is 13.8 Å². The second-order valence-corrected chi connectivity index (χ2v) is 6.63. The van der Waals surface area contributed by atoms with Gasteiger partial charge in [-0.15, -0.1) is 5.10 Å². The monoisotopic (exact) mass is 333 g/mol. The Kier molecular flexibility index (Phi) is 3.60. The highest BCUT2D eigenvalue weighted by atomic mass is 16.5. The molecule has 6 heteroatoms. The van der Waals surface area contributed by atoms with Crippen molar-refractivity contribution in [1.82, 2.24) is 25.1 Å². The van der Waals surface area contributed by atoms with Crippen LogP contribution in [0.15, 0.2) is 40.9 Å². The van der Waals surface area contributed by atoms with E-state index in [4.69, 9.17) is 4.52 Å². The molecular weight excluding hydrogens is 314 g/mol. The van der Waals surface area contributed by atoms with E-state index in [9.17, 15) is 0 Å². The summed E-state index contributed by atoms with van der Waals surface area (Å²) in [7, 11) is 0. The number of aromatic nitrogens is 5. The van der Waals surface area contributed by atoms with Crippen LogP contribution in [0.1, 0.15) is 31.0 Å². The molecule has 0 bridgehead atoms. The van der Waals surface area contributed by atoms with Crippen molar-refractivity contribution in [2.75, 3.05) is 0 Å². The predicted molar refractivity (Wildman–Crippen MR) is 96.1 cm³/mol. The highest BCUT2D eigenvalue weighted by Crippen LogP contribution is 2.26. The van der Waals surface area contributed by atoms with Gasteiger partial charge in [-0.2, -0.15) is 4.98 Å². The molecule has 0 saturated carbocycles. The van der Waals surface area contributed by atoms with E-state index in [0.717, 1.165) is 22.2 Å². The molecule has 126 valence electrons. The van der Waals surface area contributed by atoms with Crippen molar-refractivity contribution in [2.24, 2.45) is 0 Å². The van der Waals surface area contributed by atoms with Crippen molar-refractivity contribution in [3.8, 4) is 22.8 Å². The third-order valence-electron chi connectivity index (χ3n) is 4.11. The van der Waals surface area contributed by atoms with Gasteiger partial charge in [-0.05, 0) is 58.0 Å². The molecule has 0 radical (unpaired) electrons. The lowest BCUT2D eigenvalue weighted by Crippen LogP contribution is -2.02. The first-order valence-electron chi connectivity index (χ1n) is 8.29. The number of benzene rings is 2. The van der Waals surface area contributed by atoms with E-state index in [2.05, 4.69) is 66.3 Å². The lowest BCUT2D eigenvalue weighted by Gasteiger charge is -2.04. The summed E-state index contributed by atoms with van der Waals surface area (Å²) in [6.45, 7) is 8.28. The fraction of sp³-hybridized carbons (Fsp3) is 0.263. The van der Waals surface area contributed by atoms with Crippen LogP contribution in [-0.4, -0.2) is 25.1 Å². The minimum Gasteiger partial charge on any atom is -0.334 e. The Morgan fingerprint density at radius 2 is 1.72 bits per heavy atom. The molecule has 0 aliphatic heterocycles. The summed E-state index contributed by atoms with van der Waals surface area (Å²) in [6.07, 6.45) is 0. The van der Waals surface area contributed by atoms with Crippen LogP contribution in [0.2, 0.25) is 0 Å². The fourth-order valence-electron chi connectivity index (χ4n) is 3.02. The molecule has 0 aliphatic rings. The van der Waals surface area contributed by atoms with Gasteiger partial charge in [-0.25, -0.2) is 4.68 Å². The molecule has 0 amide bonds. The maximum absolute atomic E-state index is 5.47. The summed E-state index contributed by atoms with van der Waals surface area (Å²) in [5.74, 6) is 1.07. The molecule has 0 saturated heterocycles. The average Bonchev–Trinajstić information content (AvgIpc) is 3.20. The molecule has 0 unspecified atom stereocenters.